The second kappa shape index (κ2) is 7.41. The highest BCUT2D eigenvalue weighted by molar-refractivity contribution is 6.06. The second-order valence-corrected chi connectivity index (χ2v) is 6.37. The number of carbonyl (C=O) groups excluding carboxylic acids is 2. The molecule has 0 aliphatic carbocycles. The third kappa shape index (κ3) is 3.72. The fourth-order valence-corrected chi connectivity index (χ4v) is 3.07. The monoisotopic (exact) mass is 361 g/mol. The molecule has 1 aliphatic rings. The van der Waals surface area contributed by atoms with Gasteiger partial charge >= 0.3 is 6.03 Å². The van der Waals surface area contributed by atoms with Crippen LogP contribution in [0, 0.1) is 0 Å². The van der Waals surface area contributed by atoms with Gasteiger partial charge in [-0.2, -0.15) is 0 Å². The number of rotatable bonds is 3. The zero-order valence-electron chi connectivity index (χ0n) is 14.7. The molecule has 1 aliphatic heterocycles. The van der Waals surface area contributed by atoms with Crippen LogP contribution in [0.15, 0.2) is 54.7 Å². The molecular weight excluding hydrogens is 342 g/mol. The summed E-state index contributed by atoms with van der Waals surface area (Å²) < 4.78 is 0. The van der Waals surface area contributed by atoms with Crippen LogP contribution in [-0.4, -0.2) is 39.9 Å². The molecule has 4 rings (SSSR count). The topological polar surface area (TPSA) is 87.2 Å². The van der Waals surface area contributed by atoms with Gasteiger partial charge in [-0.3, -0.25) is 9.78 Å². The van der Waals surface area contributed by atoms with Crippen LogP contribution in [0.4, 0.5) is 16.2 Å². The van der Waals surface area contributed by atoms with E-state index >= 15 is 0 Å². The van der Waals surface area contributed by atoms with Gasteiger partial charge in [0, 0.05) is 13.1 Å². The van der Waals surface area contributed by atoms with Gasteiger partial charge in [0.2, 0.25) is 0 Å². The molecule has 2 aromatic carbocycles. The minimum absolute atomic E-state index is 0.153. The highest BCUT2D eigenvalue weighted by Gasteiger charge is 2.19. The number of para-hydroxylation sites is 4. The van der Waals surface area contributed by atoms with Gasteiger partial charge in [-0.1, -0.05) is 24.3 Å². The van der Waals surface area contributed by atoms with Crippen LogP contribution < -0.4 is 10.6 Å². The Morgan fingerprint density at radius 2 is 1.48 bits per heavy atom. The number of aromatic nitrogens is 2. The van der Waals surface area contributed by atoms with E-state index in [1.807, 2.05) is 30.3 Å². The smallest absolute Gasteiger partial charge is 0.321 e. The molecule has 3 aromatic rings. The number of nitrogens with zero attached hydrogens (tertiary/aromatic N) is 3. The summed E-state index contributed by atoms with van der Waals surface area (Å²) in [7, 11) is 0. The fraction of sp³-hybridized carbons (Fsp3) is 0.200. The van der Waals surface area contributed by atoms with Crippen molar-refractivity contribution in [2.24, 2.45) is 0 Å². The molecular formula is C20H19N5O2. The molecule has 7 heteroatoms. The van der Waals surface area contributed by atoms with E-state index in [-0.39, 0.29) is 17.6 Å². The van der Waals surface area contributed by atoms with E-state index in [2.05, 4.69) is 20.6 Å². The first-order chi connectivity index (χ1) is 13.2. The molecule has 2 N–H and O–H groups in total. The van der Waals surface area contributed by atoms with Gasteiger partial charge in [-0.15, -0.1) is 0 Å². The summed E-state index contributed by atoms with van der Waals surface area (Å²) in [6.45, 7) is 1.51. The Morgan fingerprint density at radius 3 is 2.22 bits per heavy atom. The van der Waals surface area contributed by atoms with E-state index < -0.39 is 0 Å². The van der Waals surface area contributed by atoms with E-state index in [0.29, 0.717) is 16.9 Å². The van der Waals surface area contributed by atoms with Crippen molar-refractivity contribution in [2.75, 3.05) is 23.7 Å². The summed E-state index contributed by atoms with van der Waals surface area (Å²) in [5.74, 6) is -0.379. The number of anilines is 2. The van der Waals surface area contributed by atoms with Crippen molar-refractivity contribution >= 4 is 34.3 Å². The number of carbonyl (C=O) groups is 2. The molecule has 1 saturated heterocycles. The van der Waals surface area contributed by atoms with E-state index in [1.54, 1.807) is 23.1 Å². The van der Waals surface area contributed by atoms with Crippen molar-refractivity contribution in [2.45, 2.75) is 12.8 Å². The molecule has 0 bridgehead atoms. The minimum Gasteiger partial charge on any atom is -0.325 e. The number of benzene rings is 2. The molecule has 1 fully saturated rings. The van der Waals surface area contributed by atoms with Crippen LogP contribution in [-0.2, 0) is 0 Å². The van der Waals surface area contributed by atoms with Crippen molar-refractivity contribution in [3.05, 3.63) is 60.4 Å². The molecule has 136 valence electrons. The van der Waals surface area contributed by atoms with Crippen LogP contribution in [0.1, 0.15) is 23.3 Å². The number of nitrogens with one attached hydrogen (secondary N) is 2. The van der Waals surface area contributed by atoms with Gasteiger partial charge in [0.15, 0.2) is 0 Å². The normalized spacial score (nSPS) is 13.6. The molecule has 0 radical (unpaired) electrons. The summed E-state index contributed by atoms with van der Waals surface area (Å²) in [6.07, 6.45) is 3.49. The lowest BCUT2D eigenvalue weighted by Crippen LogP contribution is -2.32. The van der Waals surface area contributed by atoms with Gasteiger partial charge in [0.05, 0.1) is 28.6 Å². The Hall–Kier alpha value is -3.48. The number of amides is 3. The first-order valence-electron chi connectivity index (χ1n) is 8.89. The maximum atomic E-state index is 12.6. The molecule has 0 spiro atoms. The molecule has 27 heavy (non-hydrogen) atoms. The highest BCUT2D eigenvalue weighted by Crippen LogP contribution is 2.23. The maximum absolute atomic E-state index is 12.6. The SMILES string of the molecule is O=C(Nc1ccccc1NC(=O)N1CCCC1)c1cnc2ccccc2n1. The highest BCUT2D eigenvalue weighted by atomic mass is 16.2. The molecule has 2 heterocycles. The van der Waals surface area contributed by atoms with Gasteiger partial charge in [-0.25, -0.2) is 9.78 Å². The van der Waals surface area contributed by atoms with Crippen molar-refractivity contribution in [1.82, 2.24) is 14.9 Å². The third-order valence-electron chi connectivity index (χ3n) is 4.49. The summed E-state index contributed by atoms with van der Waals surface area (Å²) in [6, 6.07) is 14.3. The fourth-order valence-electron chi connectivity index (χ4n) is 3.07. The van der Waals surface area contributed by atoms with E-state index in [0.717, 1.165) is 31.4 Å². The van der Waals surface area contributed by atoms with Crippen molar-refractivity contribution in [3.8, 4) is 0 Å². The van der Waals surface area contributed by atoms with E-state index in [9.17, 15) is 9.59 Å². The van der Waals surface area contributed by atoms with Gasteiger partial charge < -0.3 is 15.5 Å². The first-order valence-corrected chi connectivity index (χ1v) is 8.89. The Bertz CT molecular complexity index is 998. The van der Waals surface area contributed by atoms with Crippen LogP contribution in [0.2, 0.25) is 0 Å². The average molecular weight is 361 g/mol. The number of fused-ring (bicyclic) bond motifs is 1. The Labute approximate surface area is 156 Å². The lowest BCUT2D eigenvalue weighted by Gasteiger charge is -2.18. The predicted octanol–water partition coefficient (Wildman–Crippen LogP) is 3.51. The summed E-state index contributed by atoms with van der Waals surface area (Å²) in [5, 5.41) is 5.69. The lowest BCUT2D eigenvalue weighted by atomic mass is 10.2. The zero-order valence-corrected chi connectivity index (χ0v) is 14.7. The summed E-state index contributed by atoms with van der Waals surface area (Å²) >= 11 is 0. The molecule has 0 unspecified atom stereocenters. The van der Waals surface area contributed by atoms with Crippen LogP contribution in [0.5, 0.6) is 0 Å². The van der Waals surface area contributed by atoms with Crippen molar-refractivity contribution < 1.29 is 9.59 Å². The van der Waals surface area contributed by atoms with E-state index in [1.165, 1.54) is 6.20 Å². The van der Waals surface area contributed by atoms with Gasteiger partial charge in [0.1, 0.15) is 5.69 Å². The number of hydrogen-bond acceptors (Lipinski definition) is 4. The minimum atomic E-state index is -0.379. The second-order valence-electron chi connectivity index (χ2n) is 6.37. The largest absolute Gasteiger partial charge is 0.325 e. The summed E-state index contributed by atoms with van der Waals surface area (Å²) in [5.41, 5.74) is 2.67. The Morgan fingerprint density at radius 1 is 0.852 bits per heavy atom. The quantitative estimate of drug-likeness (QED) is 0.747. The van der Waals surface area contributed by atoms with Gasteiger partial charge in [-0.05, 0) is 37.1 Å². The molecule has 0 atom stereocenters. The zero-order chi connectivity index (χ0) is 18.6. The van der Waals surface area contributed by atoms with Gasteiger partial charge in [0.25, 0.3) is 5.91 Å². The Balaban J connectivity index is 1.52. The molecule has 3 amide bonds. The summed E-state index contributed by atoms with van der Waals surface area (Å²) in [4.78, 5) is 35.4. The number of likely N-dealkylation sites (tertiary alicyclic amines) is 1. The van der Waals surface area contributed by atoms with Crippen LogP contribution in [0.25, 0.3) is 11.0 Å². The predicted molar refractivity (Wildman–Crippen MR) is 104 cm³/mol. The number of urea groups is 1. The molecule has 1 aromatic heterocycles. The van der Waals surface area contributed by atoms with E-state index in [4.69, 9.17) is 0 Å². The van der Waals surface area contributed by atoms with Crippen molar-refractivity contribution in [3.63, 3.8) is 0 Å². The molecule has 0 saturated carbocycles. The standard InChI is InChI=1S/C20H19N5O2/c26-19(18-13-21-14-7-1-2-8-15(14)22-18)23-16-9-3-4-10-17(16)24-20(27)25-11-5-6-12-25/h1-4,7-10,13H,5-6,11-12H2,(H,23,26)(H,24,27). The molecule has 7 nitrogen and oxygen atoms in total. The first kappa shape index (κ1) is 17.0. The maximum Gasteiger partial charge on any atom is 0.321 e. The van der Waals surface area contributed by atoms with Crippen LogP contribution in [0.3, 0.4) is 0 Å². The Kier molecular flexibility index (Phi) is 4.65. The third-order valence-corrected chi connectivity index (χ3v) is 4.49. The lowest BCUT2D eigenvalue weighted by molar-refractivity contribution is 0.102. The number of hydrogen-bond donors (Lipinski definition) is 2. The van der Waals surface area contributed by atoms with Crippen LogP contribution >= 0.6 is 0 Å². The van der Waals surface area contributed by atoms with Crippen molar-refractivity contribution in [1.29, 1.82) is 0 Å². The average Bonchev–Trinajstić information content (AvgIpc) is 3.24.